The number of fused-ring (bicyclic) bond motifs is 1. The Morgan fingerprint density at radius 3 is 2.89 bits per heavy atom. The molecule has 0 aliphatic carbocycles. The van der Waals surface area contributed by atoms with Crippen molar-refractivity contribution >= 4 is 22.5 Å². The van der Waals surface area contributed by atoms with Gasteiger partial charge in [-0.3, -0.25) is 0 Å². The number of halogens is 1. The minimum atomic E-state index is 0.750. The van der Waals surface area contributed by atoms with Crippen LogP contribution in [0.5, 0.6) is 0 Å². The molecule has 0 saturated carbocycles. The fourth-order valence-electron chi connectivity index (χ4n) is 2.21. The summed E-state index contributed by atoms with van der Waals surface area (Å²) in [6.07, 6.45) is 3.68. The SMILES string of the molecule is Clc1cn(CCNCc2ccco2)c2ccccc12. The molecule has 2 aromatic heterocycles. The minimum Gasteiger partial charge on any atom is -0.468 e. The van der Waals surface area contributed by atoms with E-state index in [1.54, 1.807) is 6.26 Å². The predicted octanol–water partition coefficient (Wildman–Crippen LogP) is 3.68. The molecule has 0 radical (unpaired) electrons. The van der Waals surface area contributed by atoms with Crippen LogP contribution in [0, 0.1) is 0 Å². The van der Waals surface area contributed by atoms with Gasteiger partial charge in [-0.25, -0.2) is 0 Å². The third-order valence-electron chi connectivity index (χ3n) is 3.15. The maximum atomic E-state index is 6.22. The first-order chi connectivity index (χ1) is 9.34. The van der Waals surface area contributed by atoms with E-state index in [-0.39, 0.29) is 0 Å². The van der Waals surface area contributed by atoms with Crippen LogP contribution in [0.2, 0.25) is 5.02 Å². The van der Waals surface area contributed by atoms with Gasteiger partial charge in [-0.05, 0) is 18.2 Å². The topological polar surface area (TPSA) is 30.1 Å². The maximum Gasteiger partial charge on any atom is 0.117 e. The van der Waals surface area contributed by atoms with Crippen LogP contribution in [0.3, 0.4) is 0 Å². The summed E-state index contributed by atoms with van der Waals surface area (Å²) in [6, 6.07) is 12.0. The molecule has 98 valence electrons. The van der Waals surface area contributed by atoms with E-state index < -0.39 is 0 Å². The van der Waals surface area contributed by atoms with Gasteiger partial charge in [-0.15, -0.1) is 0 Å². The van der Waals surface area contributed by atoms with E-state index >= 15 is 0 Å². The highest BCUT2D eigenvalue weighted by atomic mass is 35.5. The number of nitrogens with one attached hydrogen (secondary N) is 1. The van der Waals surface area contributed by atoms with E-state index in [9.17, 15) is 0 Å². The zero-order valence-electron chi connectivity index (χ0n) is 10.5. The van der Waals surface area contributed by atoms with E-state index in [0.29, 0.717) is 0 Å². The molecular weight excluding hydrogens is 260 g/mol. The summed E-state index contributed by atoms with van der Waals surface area (Å²) in [4.78, 5) is 0. The summed E-state index contributed by atoms with van der Waals surface area (Å²) in [5.74, 6) is 0.954. The fourth-order valence-corrected chi connectivity index (χ4v) is 2.49. The van der Waals surface area contributed by atoms with E-state index in [1.165, 1.54) is 5.52 Å². The number of nitrogens with zero attached hydrogens (tertiary/aromatic N) is 1. The average Bonchev–Trinajstić information content (AvgIpc) is 3.04. The summed E-state index contributed by atoms with van der Waals surface area (Å²) in [5, 5.41) is 5.27. The molecule has 3 rings (SSSR count). The molecule has 19 heavy (non-hydrogen) atoms. The third-order valence-corrected chi connectivity index (χ3v) is 3.45. The predicted molar refractivity (Wildman–Crippen MR) is 77.4 cm³/mol. The largest absolute Gasteiger partial charge is 0.468 e. The van der Waals surface area contributed by atoms with Gasteiger partial charge in [-0.1, -0.05) is 29.8 Å². The van der Waals surface area contributed by atoms with Crippen molar-refractivity contribution in [1.82, 2.24) is 9.88 Å². The summed E-state index contributed by atoms with van der Waals surface area (Å²) >= 11 is 6.22. The van der Waals surface area contributed by atoms with Gasteiger partial charge in [0.05, 0.1) is 17.8 Å². The highest BCUT2D eigenvalue weighted by Gasteiger charge is 2.05. The molecule has 0 amide bonds. The molecule has 0 saturated heterocycles. The summed E-state index contributed by atoms with van der Waals surface area (Å²) in [5.41, 5.74) is 1.17. The van der Waals surface area contributed by atoms with Crippen LogP contribution < -0.4 is 5.32 Å². The monoisotopic (exact) mass is 274 g/mol. The molecule has 0 aliphatic rings. The summed E-state index contributed by atoms with van der Waals surface area (Å²) in [7, 11) is 0. The molecule has 0 bridgehead atoms. The van der Waals surface area contributed by atoms with Crippen molar-refractivity contribution in [3.8, 4) is 0 Å². The Morgan fingerprint density at radius 1 is 1.16 bits per heavy atom. The smallest absolute Gasteiger partial charge is 0.117 e. The van der Waals surface area contributed by atoms with E-state index in [0.717, 1.165) is 35.8 Å². The number of rotatable bonds is 5. The Kier molecular flexibility index (Phi) is 3.58. The van der Waals surface area contributed by atoms with Crippen molar-refractivity contribution in [2.75, 3.05) is 6.54 Å². The molecule has 3 aromatic rings. The number of hydrogen-bond acceptors (Lipinski definition) is 2. The second-order valence-electron chi connectivity index (χ2n) is 4.44. The van der Waals surface area contributed by atoms with Crippen molar-refractivity contribution in [3.63, 3.8) is 0 Å². The van der Waals surface area contributed by atoms with E-state index in [1.807, 2.05) is 36.5 Å². The molecule has 0 atom stereocenters. The van der Waals surface area contributed by atoms with Crippen molar-refractivity contribution in [3.05, 3.63) is 59.6 Å². The number of para-hydroxylation sites is 1. The molecule has 0 aliphatic heterocycles. The zero-order valence-corrected chi connectivity index (χ0v) is 11.2. The van der Waals surface area contributed by atoms with Crippen molar-refractivity contribution in [2.24, 2.45) is 0 Å². The van der Waals surface area contributed by atoms with Crippen LogP contribution in [-0.4, -0.2) is 11.1 Å². The van der Waals surface area contributed by atoms with Crippen LogP contribution in [0.4, 0.5) is 0 Å². The van der Waals surface area contributed by atoms with Crippen molar-refractivity contribution in [1.29, 1.82) is 0 Å². The number of hydrogen-bond donors (Lipinski definition) is 1. The lowest BCUT2D eigenvalue weighted by atomic mass is 10.2. The van der Waals surface area contributed by atoms with Gasteiger partial charge in [0.2, 0.25) is 0 Å². The van der Waals surface area contributed by atoms with Crippen LogP contribution in [-0.2, 0) is 13.1 Å². The van der Waals surface area contributed by atoms with Crippen LogP contribution in [0.25, 0.3) is 10.9 Å². The maximum absolute atomic E-state index is 6.22. The van der Waals surface area contributed by atoms with Crippen LogP contribution in [0.1, 0.15) is 5.76 Å². The molecule has 1 N–H and O–H groups in total. The average molecular weight is 275 g/mol. The second kappa shape index (κ2) is 5.51. The van der Waals surface area contributed by atoms with E-state index in [2.05, 4.69) is 16.0 Å². The molecular formula is C15H15ClN2O. The second-order valence-corrected chi connectivity index (χ2v) is 4.85. The molecule has 3 nitrogen and oxygen atoms in total. The quantitative estimate of drug-likeness (QED) is 0.720. The van der Waals surface area contributed by atoms with Crippen LogP contribution in [0.15, 0.2) is 53.3 Å². The van der Waals surface area contributed by atoms with Crippen molar-refractivity contribution < 1.29 is 4.42 Å². The molecule has 0 unspecified atom stereocenters. The molecule has 4 heteroatoms. The number of aromatic nitrogens is 1. The first-order valence-electron chi connectivity index (χ1n) is 6.31. The van der Waals surface area contributed by atoms with Crippen molar-refractivity contribution in [2.45, 2.75) is 13.1 Å². The lowest BCUT2D eigenvalue weighted by Gasteiger charge is -2.06. The molecule has 0 spiro atoms. The Balaban J connectivity index is 1.62. The highest BCUT2D eigenvalue weighted by molar-refractivity contribution is 6.35. The third kappa shape index (κ3) is 2.67. The Hall–Kier alpha value is -1.71. The van der Waals surface area contributed by atoms with Gasteiger partial charge in [-0.2, -0.15) is 0 Å². The number of benzene rings is 1. The Bertz CT molecular complexity index is 658. The molecule has 2 heterocycles. The van der Waals surface area contributed by atoms with Gasteiger partial charge in [0.25, 0.3) is 0 Å². The highest BCUT2D eigenvalue weighted by Crippen LogP contribution is 2.25. The lowest BCUT2D eigenvalue weighted by Crippen LogP contribution is -2.18. The van der Waals surface area contributed by atoms with Gasteiger partial charge in [0, 0.05) is 30.2 Å². The summed E-state index contributed by atoms with van der Waals surface area (Å²) < 4.78 is 7.44. The normalized spacial score (nSPS) is 11.2. The zero-order chi connectivity index (χ0) is 13.1. The Morgan fingerprint density at radius 2 is 2.05 bits per heavy atom. The Labute approximate surface area is 116 Å². The van der Waals surface area contributed by atoms with Gasteiger partial charge < -0.3 is 14.3 Å². The summed E-state index contributed by atoms with van der Waals surface area (Å²) in [6.45, 7) is 2.50. The van der Waals surface area contributed by atoms with Crippen LogP contribution >= 0.6 is 11.6 Å². The standard InChI is InChI=1S/C15H15ClN2O/c16-14-11-18(15-6-2-1-5-13(14)15)8-7-17-10-12-4-3-9-19-12/h1-6,9,11,17H,7-8,10H2. The molecule has 1 aromatic carbocycles. The van der Waals surface area contributed by atoms with Gasteiger partial charge in [0.15, 0.2) is 0 Å². The number of furan rings is 1. The van der Waals surface area contributed by atoms with E-state index in [4.69, 9.17) is 16.0 Å². The fraction of sp³-hybridized carbons (Fsp3) is 0.200. The lowest BCUT2D eigenvalue weighted by molar-refractivity contribution is 0.477. The minimum absolute atomic E-state index is 0.750. The van der Waals surface area contributed by atoms with Gasteiger partial charge >= 0.3 is 0 Å². The first-order valence-corrected chi connectivity index (χ1v) is 6.69. The first kappa shape index (κ1) is 12.3. The van der Waals surface area contributed by atoms with Gasteiger partial charge in [0.1, 0.15) is 5.76 Å². The molecule has 0 fully saturated rings.